The molecule has 1 aromatic carbocycles. The second-order valence-corrected chi connectivity index (χ2v) is 10.2. The first-order valence-electron chi connectivity index (χ1n) is 11.2. The van der Waals surface area contributed by atoms with Crippen molar-refractivity contribution in [2.45, 2.75) is 52.4 Å². The number of carboxylic acid groups (broad SMARTS) is 1. The average Bonchev–Trinajstić information content (AvgIpc) is 2.77. The third kappa shape index (κ3) is 6.67. The minimum atomic E-state index is -4.15. The molecule has 1 aromatic rings. The van der Waals surface area contributed by atoms with E-state index in [1.807, 2.05) is 0 Å². The summed E-state index contributed by atoms with van der Waals surface area (Å²) in [6, 6.07) is 5.34. The summed E-state index contributed by atoms with van der Waals surface area (Å²) < 4.78 is 33.3. The average molecular weight is 510 g/mol. The molecule has 2 N–H and O–H groups in total. The van der Waals surface area contributed by atoms with E-state index in [9.17, 15) is 33.2 Å². The normalized spacial score (nSPS) is 16.3. The van der Waals surface area contributed by atoms with Gasteiger partial charge >= 0.3 is 11.9 Å². The maximum atomic E-state index is 13.6. The highest BCUT2D eigenvalue weighted by atomic mass is 32.2. The predicted molar refractivity (Wildman–Crippen MR) is 129 cm³/mol. The fourth-order valence-electron chi connectivity index (χ4n) is 4.04. The van der Waals surface area contributed by atoms with Crippen LogP contribution in [-0.4, -0.2) is 54.9 Å². The van der Waals surface area contributed by atoms with Gasteiger partial charge in [-0.3, -0.25) is 14.9 Å². The summed E-state index contributed by atoms with van der Waals surface area (Å²) in [6.45, 7) is 5.23. The van der Waals surface area contributed by atoms with Crippen LogP contribution in [0.25, 0.3) is 0 Å². The Morgan fingerprint density at radius 3 is 2.49 bits per heavy atom. The quantitative estimate of drug-likeness (QED) is 0.187. The van der Waals surface area contributed by atoms with Crippen molar-refractivity contribution in [1.82, 2.24) is 9.62 Å². The number of benzene rings is 1. The lowest BCUT2D eigenvalue weighted by molar-refractivity contribution is -0.384. The Morgan fingerprint density at radius 2 is 1.89 bits per heavy atom. The molecule has 192 valence electrons. The van der Waals surface area contributed by atoms with E-state index >= 15 is 0 Å². The highest BCUT2D eigenvalue weighted by molar-refractivity contribution is 7.93. The van der Waals surface area contributed by atoms with Crippen molar-refractivity contribution in [2.24, 2.45) is 0 Å². The highest BCUT2D eigenvalue weighted by Crippen LogP contribution is 2.42. The number of nitrogens with one attached hydrogen (secondary N) is 1. The number of hydrogen-bond donors (Lipinski definition) is 2. The van der Waals surface area contributed by atoms with Gasteiger partial charge in [0.05, 0.1) is 27.9 Å². The van der Waals surface area contributed by atoms with Crippen LogP contribution in [0.4, 0.5) is 5.69 Å². The van der Waals surface area contributed by atoms with Gasteiger partial charge in [0, 0.05) is 43.5 Å². The van der Waals surface area contributed by atoms with E-state index in [2.05, 4.69) is 5.32 Å². The minimum Gasteiger partial charge on any atom is -0.478 e. The topological polar surface area (TPSA) is 156 Å². The van der Waals surface area contributed by atoms with Crippen molar-refractivity contribution >= 4 is 27.6 Å². The van der Waals surface area contributed by atoms with E-state index in [0.29, 0.717) is 25.9 Å². The van der Waals surface area contributed by atoms with Crippen molar-refractivity contribution in [3.05, 3.63) is 61.8 Å². The number of non-ortho nitro benzene ring substituents is 1. The number of aliphatic carboxylic acids is 1. The summed E-state index contributed by atoms with van der Waals surface area (Å²) in [7, 11) is -2.75. The number of rotatable bonds is 12. The van der Waals surface area contributed by atoms with Gasteiger partial charge in [-0.1, -0.05) is 18.6 Å². The number of esters is 1. The first kappa shape index (κ1) is 28.0. The van der Waals surface area contributed by atoms with Gasteiger partial charge < -0.3 is 15.2 Å². The SMILES string of the molecule is CCOC(=O)CCCCCN(C)S(=O)(=O)C1=C(C)NC(C)=C(C(=O)O)C1c1cccc([N+](=O)[O-])c1. The number of unbranched alkanes of at least 4 members (excludes halogenated alkanes) is 2. The van der Waals surface area contributed by atoms with Gasteiger partial charge in [-0.05, 0) is 39.2 Å². The van der Waals surface area contributed by atoms with E-state index in [-0.39, 0.29) is 52.1 Å². The maximum Gasteiger partial charge on any atom is 0.334 e. The maximum absolute atomic E-state index is 13.6. The number of sulfonamides is 1. The highest BCUT2D eigenvalue weighted by Gasteiger charge is 2.41. The number of hydrogen-bond acceptors (Lipinski definition) is 8. The van der Waals surface area contributed by atoms with E-state index in [1.165, 1.54) is 45.2 Å². The van der Waals surface area contributed by atoms with Crippen LogP contribution in [0.2, 0.25) is 0 Å². The number of allylic oxidation sites excluding steroid dienone is 3. The van der Waals surface area contributed by atoms with Crippen LogP contribution in [0.15, 0.2) is 46.1 Å². The minimum absolute atomic E-state index is 0.148. The first-order chi connectivity index (χ1) is 16.4. The van der Waals surface area contributed by atoms with Crippen LogP contribution in [0, 0.1) is 10.1 Å². The molecule has 0 bridgehead atoms. The number of dihydropyridines is 1. The summed E-state index contributed by atoms with van der Waals surface area (Å²) in [4.78, 5) is 34.1. The second-order valence-electron chi connectivity index (χ2n) is 8.19. The molecule has 1 aliphatic heterocycles. The van der Waals surface area contributed by atoms with Crippen molar-refractivity contribution in [2.75, 3.05) is 20.2 Å². The van der Waals surface area contributed by atoms with Gasteiger partial charge in [0.25, 0.3) is 5.69 Å². The molecule has 0 spiro atoms. The molecule has 0 radical (unpaired) electrons. The first-order valence-corrected chi connectivity index (χ1v) is 12.6. The van der Waals surface area contributed by atoms with E-state index < -0.39 is 26.8 Å². The number of nitro benzene ring substituents is 1. The van der Waals surface area contributed by atoms with E-state index in [4.69, 9.17) is 4.74 Å². The Morgan fingerprint density at radius 1 is 1.20 bits per heavy atom. The molecule has 1 atom stereocenters. The summed E-state index contributed by atoms with van der Waals surface area (Å²) in [5, 5.41) is 24.1. The molecular formula is C23H31N3O8S. The van der Waals surface area contributed by atoms with Crippen LogP contribution >= 0.6 is 0 Å². The Bertz CT molecular complexity index is 1160. The molecular weight excluding hydrogens is 478 g/mol. The zero-order valence-corrected chi connectivity index (χ0v) is 21.1. The fraction of sp³-hybridized carbons (Fsp3) is 0.478. The van der Waals surface area contributed by atoms with Gasteiger partial charge in [0.15, 0.2) is 0 Å². The molecule has 1 unspecified atom stereocenters. The van der Waals surface area contributed by atoms with Crippen LogP contribution in [0.3, 0.4) is 0 Å². The van der Waals surface area contributed by atoms with Crippen molar-refractivity contribution in [3.63, 3.8) is 0 Å². The number of carbonyl (C=O) groups excluding carboxylic acids is 1. The van der Waals surface area contributed by atoms with Gasteiger partial charge in [-0.15, -0.1) is 0 Å². The Balaban J connectivity index is 2.36. The molecule has 11 nitrogen and oxygen atoms in total. The number of carboxylic acids is 1. The third-order valence-corrected chi connectivity index (χ3v) is 7.79. The number of carbonyl (C=O) groups is 2. The summed E-state index contributed by atoms with van der Waals surface area (Å²) >= 11 is 0. The number of nitro groups is 1. The van der Waals surface area contributed by atoms with Gasteiger partial charge in [0.1, 0.15) is 0 Å². The van der Waals surface area contributed by atoms with Gasteiger partial charge in [-0.25, -0.2) is 17.5 Å². The second kappa shape index (κ2) is 11.9. The van der Waals surface area contributed by atoms with Crippen molar-refractivity contribution in [1.29, 1.82) is 0 Å². The lowest BCUT2D eigenvalue weighted by Crippen LogP contribution is -2.37. The van der Waals surface area contributed by atoms with Crippen LogP contribution in [0.1, 0.15) is 57.9 Å². The van der Waals surface area contributed by atoms with Gasteiger partial charge in [-0.2, -0.15) is 0 Å². The van der Waals surface area contributed by atoms with Crippen LogP contribution in [0.5, 0.6) is 0 Å². The zero-order valence-electron chi connectivity index (χ0n) is 20.2. The fourth-order valence-corrected chi connectivity index (χ4v) is 5.73. The molecule has 0 saturated heterocycles. The zero-order chi connectivity index (χ0) is 26.3. The number of nitrogens with zero attached hydrogens (tertiary/aromatic N) is 2. The smallest absolute Gasteiger partial charge is 0.334 e. The Labute approximate surface area is 204 Å². The number of ether oxygens (including phenoxy) is 1. The van der Waals surface area contributed by atoms with Crippen LogP contribution in [-0.2, 0) is 24.3 Å². The molecule has 0 aromatic heterocycles. The van der Waals surface area contributed by atoms with Crippen molar-refractivity contribution in [3.8, 4) is 0 Å². The summed E-state index contributed by atoms with van der Waals surface area (Å²) in [5.74, 6) is -2.86. The Kier molecular flexibility index (Phi) is 9.55. The summed E-state index contributed by atoms with van der Waals surface area (Å²) in [6.07, 6.45) is 1.89. The van der Waals surface area contributed by atoms with E-state index in [0.717, 1.165) is 4.31 Å². The molecule has 1 heterocycles. The molecule has 0 aliphatic carbocycles. The third-order valence-electron chi connectivity index (χ3n) is 5.69. The van der Waals surface area contributed by atoms with E-state index in [1.54, 1.807) is 6.92 Å². The Hall–Kier alpha value is -3.25. The lowest BCUT2D eigenvalue weighted by Gasteiger charge is -2.32. The van der Waals surface area contributed by atoms with Gasteiger partial charge in [0.2, 0.25) is 10.0 Å². The largest absolute Gasteiger partial charge is 0.478 e. The predicted octanol–water partition coefficient (Wildman–Crippen LogP) is 3.26. The lowest BCUT2D eigenvalue weighted by atomic mass is 9.86. The molecule has 12 heteroatoms. The van der Waals surface area contributed by atoms with Crippen LogP contribution < -0.4 is 5.32 Å². The standard InChI is InChI=1S/C23H31N3O8S/c1-5-34-19(27)12-7-6-8-13-25(4)35(32,33)22-16(3)24-15(2)20(23(28)29)21(22)17-10-9-11-18(14-17)26(30)31/h9-11,14,21,24H,5-8,12-13H2,1-4H3,(H,28,29). The molecule has 1 aliphatic rings. The molecule has 2 rings (SSSR count). The van der Waals surface area contributed by atoms with Crippen molar-refractivity contribution < 1.29 is 32.8 Å². The molecule has 0 amide bonds. The molecule has 0 fully saturated rings. The molecule has 0 saturated carbocycles. The monoisotopic (exact) mass is 509 g/mol. The summed E-state index contributed by atoms with van der Waals surface area (Å²) in [5.41, 5.74) is 0.230. The molecule has 35 heavy (non-hydrogen) atoms.